The molecule has 0 aliphatic heterocycles. The molecule has 4 rings (SSSR count). The number of imidazole rings is 1. The van der Waals surface area contributed by atoms with Crippen LogP contribution in [0.25, 0.3) is 21.3 Å². The van der Waals surface area contributed by atoms with Crippen molar-refractivity contribution in [3.63, 3.8) is 0 Å². The largest absolute Gasteiger partial charge is 0.345 e. The third kappa shape index (κ3) is 2.23. The first-order chi connectivity index (χ1) is 10.7. The van der Waals surface area contributed by atoms with Crippen LogP contribution in [-0.2, 0) is 0 Å². The number of aryl methyl sites for hydroxylation is 1. The summed E-state index contributed by atoms with van der Waals surface area (Å²) in [7, 11) is 0. The van der Waals surface area contributed by atoms with Gasteiger partial charge < -0.3 is 10.3 Å². The minimum absolute atomic E-state index is 0.150. The van der Waals surface area contributed by atoms with Crippen LogP contribution in [0.2, 0.25) is 0 Å². The average molecular weight is 308 g/mol. The van der Waals surface area contributed by atoms with Crippen molar-refractivity contribution in [2.24, 2.45) is 0 Å². The van der Waals surface area contributed by atoms with E-state index in [1.807, 2.05) is 31.2 Å². The summed E-state index contributed by atoms with van der Waals surface area (Å²) in [4.78, 5) is 24.0. The maximum absolute atomic E-state index is 12.4. The molecule has 0 fully saturated rings. The zero-order valence-electron chi connectivity index (χ0n) is 11.8. The Morgan fingerprint density at radius 2 is 2.09 bits per heavy atom. The molecule has 0 aliphatic rings. The van der Waals surface area contributed by atoms with Gasteiger partial charge in [0, 0.05) is 11.3 Å². The van der Waals surface area contributed by atoms with Gasteiger partial charge in [0.15, 0.2) is 0 Å². The van der Waals surface area contributed by atoms with E-state index in [4.69, 9.17) is 0 Å². The number of hydrogen-bond acceptors (Lipinski definition) is 4. The summed E-state index contributed by atoms with van der Waals surface area (Å²) in [5.41, 5.74) is 3.93. The Morgan fingerprint density at radius 3 is 3.00 bits per heavy atom. The van der Waals surface area contributed by atoms with Crippen molar-refractivity contribution in [2.45, 2.75) is 6.92 Å². The summed E-state index contributed by atoms with van der Waals surface area (Å²) < 4.78 is 1.12. The molecule has 1 amide bonds. The monoisotopic (exact) mass is 308 g/mol. The first-order valence-electron chi connectivity index (χ1n) is 6.81. The number of aromatic nitrogens is 3. The second-order valence-electron chi connectivity index (χ2n) is 5.00. The van der Waals surface area contributed by atoms with Crippen LogP contribution in [0.5, 0.6) is 0 Å². The molecule has 2 heterocycles. The lowest BCUT2D eigenvalue weighted by Crippen LogP contribution is -2.11. The van der Waals surface area contributed by atoms with Gasteiger partial charge in [-0.3, -0.25) is 4.79 Å². The summed E-state index contributed by atoms with van der Waals surface area (Å²) in [6, 6.07) is 11.2. The summed E-state index contributed by atoms with van der Waals surface area (Å²) in [6.45, 7) is 1.97. The molecule has 0 unspecified atom stereocenters. The van der Waals surface area contributed by atoms with Gasteiger partial charge in [0.05, 0.1) is 32.6 Å². The molecule has 0 saturated carbocycles. The minimum atomic E-state index is -0.150. The molecule has 4 aromatic rings. The van der Waals surface area contributed by atoms with Crippen LogP contribution in [0, 0.1) is 6.92 Å². The maximum Gasteiger partial charge on any atom is 0.255 e. The van der Waals surface area contributed by atoms with Crippen LogP contribution >= 0.6 is 11.3 Å². The topological polar surface area (TPSA) is 70.7 Å². The zero-order valence-corrected chi connectivity index (χ0v) is 12.6. The molecule has 22 heavy (non-hydrogen) atoms. The normalized spacial score (nSPS) is 11.1. The van der Waals surface area contributed by atoms with Gasteiger partial charge in [-0.1, -0.05) is 0 Å². The fourth-order valence-corrected chi connectivity index (χ4v) is 3.21. The first-order valence-corrected chi connectivity index (χ1v) is 7.62. The Labute approximate surface area is 130 Å². The molecule has 5 nitrogen and oxygen atoms in total. The van der Waals surface area contributed by atoms with Crippen molar-refractivity contribution in [3.05, 3.63) is 53.3 Å². The van der Waals surface area contributed by atoms with E-state index in [1.54, 1.807) is 29.8 Å². The Kier molecular flexibility index (Phi) is 2.90. The van der Waals surface area contributed by atoms with Crippen molar-refractivity contribution in [2.75, 3.05) is 5.32 Å². The molecule has 0 saturated heterocycles. The van der Waals surface area contributed by atoms with E-state index in [2.05, 4.69) is 20.3 Å². The van der Waals surface area contributed by atoms with Crippen LogP contribution < -0.4 is 5.32 Å². The van der Waals surface area contributed by atoms with Crippen molar-refractivity contribution < 1.29 is 4.79 Å². The van der Waals surface area contributed by atoms with Crippen LogP contribution in [0.1, 0.15) is 15.4 Å². The zero-order chi connectivity index (χ0) is 15.1. The third-order valence-electron chi connectivity index (χ3n) is 3.43. The van der Waals surface area contributed by atoms with E-state index in [0.717, 1.165) is 31.9 Å². The maximum atomic E-state index is 12.4. The smallest absolute Gasteiger partial charge is 0.255 e. The number of H-pyrrole nitrogens is 1. The number of rotatable bonds is 2. The standard InChI is InChI=1S/C16H12N4OS/c1-9-19-14-7-11(3-5-15(14)22-9)20-16(21)10-2-4-12-13(6-10)18-8-17-12/h2-8H,1H3,(H,17,18)(H,20,21). The third-order valence-corrected chi connectivity index (χ3v) is 4.39. The highest BCUT2D eigenvalue weighted by Gasteiger charge is 2.09. The van der Waals surface area contributed by atoms with E-state index in [9.17, 15) is 4.79 Å². The second-order valence-corrected chi connectivity index (χ2v) is 6.24. The number of carbonyl (C=O) groups is 1. The molecular formula is C16H12N4OS. The van der Waals surface area contributed by atoms with Crippen molar-refractivity contribution in [1.29, 1.82) is 0 Å². The number of thiazole rings is 1. The van der Waals surface area contributed by atoms with Gasteiger partial charge >= 0.3 is 0 Å². The highest BCUT2D eigenvalue weighted by atomic mass is 32.1. The van der Waals surface area contributed by atoms with E-state index in [-0.39, 0.29) is 5.91 Å². The van der Waals surface area contributed by atoms with Crippen molar-refractivity contribution >= 4 is 44.2 Å². The van der Waals surface area contributed by atoms with Crippen LogP contribution in [0.15, 0.2) is 42.7 Å². The van der Waals surface area contributed by atoms with Gasteiger partial charge in [0.2, 0.25) is 0 Å². The molecule has 2 aromatic carbocycles. The molecule has 0 spiro atoms. The number of nitrogens with zero attached hydrogens (tertiary/aromatic N) is 2. The molecular weight excluding hydrogens is 296 g/mol. The predicted octanol–water partition coefficient (Wildman–Crippen LogP) is 3.73. The van der Waals surface area contributed by atoms with E-state index >= 15 is 0 Å². The number of carbonyl (C=O) groups excluding carboxylic acids is 1. The van der Waals surface area contributed by atoms with Gasteiger partial charge in [-0.2, -0.15) is 0 Å². The summed E-state index contributed by atoms with van der Waals surface area (Å²) in [6.07, 6.45) is 1.62. The molecule has 108 valence electrons. The molecule has 0 radical (unpaired) electrons. The number of nitrogens with one attached hydrogen (secondary N) is 2. The lowest BCUT2D eigenvalue weighted by Gasteiger charge is -2.05. The number of benzene rings is 2. The molecule has 6 heteroatoms. The molecule has 0 atom stereocenters. The van der Waals surface area contributed by atoms with Gasteiger partial charge in [-0.25, -0.2) is 9.97 Å². The van der Waals surface area contributed by atoms with Gasteiger partial charge in [0.1, 0.15) is 0 Å². The average Bonchev–Trinajstić information content (AvgIpc) is 3.10. The lowest BCUT2D eigenvalue weighted by atomic mass is 10.2. The second kappa shape index (κ2) is 4.92. The number of anilines is 1. The molecule has 2 N–H and O–H groups in total. The summed E-state index contributed by atoms with van der Waals surface area (Å²) in [5.74, 6) is -0.150. The lowest BCUT2D eigenvalue weighted by molar-refractivity contribution is 0.102. The van der Waals surface area contributed by atoms with E-state index < -0.39 is 0 Å². The van der Waals surface area contributed by atoms with Gasteiger partial charge in [0.25, 0.3) is 5.91 Å². The van der Waals surface area contributed by atoms with E-state index in [0.29, 0.717) is 5.56 Å². The Bertz CT molecular complexity index is 1000. The Morgan fingerprint density at radius 1 is 1.18 bits per heavy atom. The number of fused-ring (bicyclic) bond motifs is 2. The highest BCUT2D eigenvalue weighted by molar-refractivity contribution is 7.18. The quantitative estimate of drug-likeness (QED) is 0.592. The minimum Gasteiger partial charge on any atom is -0.345 e. The summed E-state index contributed by atoms with van der Waals surface area (Å²) in [5, 5.41) is 3.92. The molecule has 0 bridgehead atoms. The Hall–Kier alpha value is -2.73. The number of amides is 1. The van der Waals surface area contributed by atoms with Crippen LogP contribution in [-0.4, -0.2) is 20.9 Å². The summed E-state index contributed by atoms with van der Waals surface area (Å²) >= 11 is 1.64. The fraction of sp³-hybridized carbons (Fsp3) is 0.0625. The Balaban J connectivity index is 1.64. The van der Waals surface area contributed by atoms with Crippen LogP contribution in [0.3, 0.4) is 0 Å². The van der Waals surface area contributed by atoms with Crippen molar-refractivity contribution in [3.8, 4) is 0 Å². The predicted molar refractivity (Wildman–Crippen MR) is 88.4 cm³/mol. The highest BCUT2D eigenvalue weighted by Crippen LogP contribution is 2.24. The number of hydrogen-bond donors (Lipinski definition) is 2. The SMILES string of the molecule is Cc1nc2cc(NC(=O)c3ccc4nc[nH]c4c3)ccc2s1. The fourth-order valence-electron chi connectivity index (χ4n) is 2.40. The van der Waals surface area contributed by atoms with Gasteiger partial charge in [-0.05, 0) is 43.3 Å². The molecule has 2 aromatic heterocycles. The number of aromatic amines is 1. The van der Waals surface area contributed by atoms with Gasteiger partial charge in [-0.15, -0.1) is 11.3 Å². The van der Waals surface area contributed by atoms with Crippen molar-refractivity contribution in [1.82, 2.24) is 15.0 Å². The first kappa shape index (κ1) is 13.0. The van der Waals surface area contributed by atoms with E-state index in [1.165, 1.54) is 0 Å². The molecule has 0 aliphatic carbocycles. The van der Waals surface area contributed by atoms with Crippen LogP contribution in [0.4, 0.5) is 5.69 Å².